The third-order valence-corrected chi connectivity index (χ3v) is 3.94. The molecule has 1 N–H and O–H groups in total. The molecule has 1 amide bonds. The second-order valence-electron chi connectivity index (χ2n) is 5.57. The lowest BCUT2D eigenvalue weighted by atomic mass is 10.1. The minimum Gasteiger partial charge on any atom is -0.395 e. The maximum atomic E-state index is 12.4. The second kappa shape index (κ2) is 6.80. The zero-order valence-corrected chi connectivity index (χ0v) is 13.8. The molecule has 0 aliphatic carbocycles. The Hall–Kier alpha value is -2.73. The van der Waals surface area contributed by atoms with Crippen LogP contribution in [0.1, 0.15) is 23.1 Å². The number of pyridine rings is 1. The summed E-state index contributed by atoms with van der Waals surface area (Å²) in [5, 5.41) is 13.4. The van der Waals surface area contributed by atoms with Gasteiger partial charge >= 0.3 is 0 Å². The highest BCUT2D eigenvalue weighted by Gasteiger charge is 2.13. The highest BCUT2D eigenvalue weighted by Crippen LogP contribution is 2.21. The number of nitrogens with zero attached hydrogens (tertiary/aromatic N) is 4. The first kappa shape index (κ1) is 16.1. The van der Waals surface area contributed by atoms with Gasteiger partial charge in [-0.1, -0.05) is 12.1 Å². The molecule has 0 fully saturated rings. The molecule has 0 spiro atoms. The number of aliphatic hydroxyl groups is 1. The molecule has 0 aliphatic rings. The minimum atomic E-state index is -0.0690. The van der Waals surface area contributed by atoms with Gasteiger partial charge in [0.05, 0.1) is 6.61 Å². The smallest absolute Gasteiger partial charge is 0.253 e. The standard InChI is InChI=1S/C18H20N4O2/c1-3-21(10-11-23)18(24)15-6-4-14(5-7-15)16-8-9-17-19-13(2)20-22(17)12-16/h4-9,12,23H,3,10-11H2,1-2H3. The first-order valence-corrected chi connectivity index (χ1v) is 7.96. The predicted octanol–water partition coefficient (Wildman–Crippen LogP) is 2.16. The number of carbonyl (C=O) groups excluding carboxylic acids is 1. The number of fused-ring (bicyclic) bond motifs is 1. The highest BCUT2D eigenvalue weighted by molar-refractivity contribution is 5.94. The number of likely N-dealkylation sites (N-methyl/N-ethyl adjacent to an activating group) is 1. The first-order valence-electron chi connectivity index (χ1n) is 7.96. The van der Waals surface area contributed by atoms with Gasteiger partial charge in [-0.25, -0.2) is 9.50 Å². The van der Waals surface area contributed by atoms with E-state index in [1.807, 2.05) is 56.4 Å². The van der Waals surface area contributed by atoms with Gasteiger partial charge in [-0.3, -0.25) is 4.79 Å². The number of amides is 1. The van der Waals surface area contributed by atoms with Crippen molar-refractivity contribution < 1.29 is 9.90 Å². The van der Waals surface area contributed by atoms with Crippen LogP contribution in [0.25, 0.3) is 16.8 Å². The van der Waals surface area contributed by atoms with Gasteiger partial charge in [0.25, 0.3) is 5.91 Å². The van der Waals surface area contributed by atoms with Crippen LogP contribution < -0.4 is 0 Å². The van der Waals surface area contributed by atoms with Crippen LogP contribution in [0.4, 0.5) is 0 Å². The molecular weight excluding hydrogens is 304 g/mol. The van der Waals surface area contributed by atoms with E-state index in [9.17, 15) is 4.79 Å². The molecule has 0 radical (unpaired) electrons. The van der Waals surface area contributed by atoms with Gasteiger partial charge in [0.2, 0.25) is 0 Å². The van der Waals surface area contributed by atoms with Crippen LogP contribution in [0.15, 0.2) is 42.6 Å². The van der Waals surface area contributed by atoms with Crippen molar-refractivity contribution in [2.24, 2.45) is 0 Å². The van der Waals surface area contributed by atoms with Crippen LogP contribution in [-0.4, -0.2) is 50.2 Å². The summed E-state index contributed by atoms with van der Waals surface area (Å²) >= 11 is 0. The molecule has 24 heavy (non-hydrogen) atoms. The molecule has 0 bridgehead atoms. The van der Waals surface area contributed by atoms with Crippen LogP contribution in [0, 0.1) is 6.92 Å². The number of aliphatic hydroxyl groups excluding tert-OH is 1. The normalized spacial score (nSPS) is 11.0. The lowest BCUT2D eigenvalue weighted by molar-refractivity contribution is 0.0732. The SMILES string of the molecule is CCN(CCO)C(=O)c1ccc(-c2ccc3nc(C)nn3c2)cc1. The lowest BCUT2D eigenvalue weighted by Crippen LogP contribution is -2.33. The Balaban J connectivity index is 1.86. The van der Waals surface area contributed by atoms with Crippen molar-refractivity contribution in [1.82, 2.24) is 19.5 Å². The zero-order valence-electron chi connectivity index (χ0n) is 13.8. The van der Waals surface area contributed by atoms with E-state index < -0.39 is 0 Å². The van der Waals surface area contributed by atoms with Gasteiger partial charge in [0.1, 0.15) is 5.82 Å². The minimum absolute atomic E-state index is 0.0327. The van der Waals surface area contributed by atoms with Crippen LogP contribution in [-0.2, 0) is 0 Å². The molecule has 2 heterocycles. The number of benzene rings is 1. The third-order valence-electron chi connectivity index (χ3n) is 3.94. The van der Waals surface area contributed by atoms with Crippen molar-refractivity contribution in [2.75, 3.05) is 19.7 Å². The molecule has 3 aromatic rings. The van der Waals surface area contributed by atoms with Crippen molar-refractivity contribution in [3.63, 3.8) is 0 Å². The van der Waals surface area contributed by atoms with E-state index in [2.05, 4.69) is 10.1 Å². The van der Waals surface area contributed by atoms with Crippen molar-refractivity contribution in [3.8, 4) is 11.1 Å². The summed E-state index contributed by atoms with van der Waals surface area (Å²) in [5.74, 6) is 0.664. The monoisotopic (exact) mass is 324 g/mol. The summed E-state index contributed by atoms with van der Waals surface area (Å²) in [4.78, 5) is 18.3. The summed E-state index contributed by atoms with van der Waals surface area (Å²) in [7, 11) is 0. The molecular formula is C18H20N4O2. The van der Waals surface area contributed by atoms with Crippen LogP contribution in [0.3, 0.4) is 0 Å². The fraction of sp³-hybridized carbons (Fsp3) is 0.278. The first-order chi connectivity index (χ1) is 11.6. The molecule has 0 saturated heterocycles. The highest BCUT2D eigenvalue weighted by atomic mass is 16.3. The Kier molecular flexibility index (Phi) is 4.57. The van der Waals surface area contributed by atoms with E-state index in [-0.39, 0.29) is 12.5 Å². The quantitative estimate of drug-likeness (QED) is 0.781. The molecule has 0 unspecified atom stereocenters. The maximum absolute atomic E-state index is 12.4. The number of aromatic nitrogens is 3. The Bertz CT molecular complexity index is 855. The molecule has 2 aromatic heterocycles. The average molecular weight is 324 g/mol. The number of aryl methyl sites for hydroxylation is 1. The fourth-order valence-corrected chi connectivity index (χ4v) is 2.68. The van der Waals surface area contributed by atoms with E-state index in [0.717, 1.165) is 22.6 Å². The second-order valence-corrected chi connectivity index (χ2v) is 5.57. The Morgan fingerprint density at radius 3 is 2.54 bits per heavy atom. The molecule has 6 nitrogen and oxygen atoms in total. The van der Waals surface area contributed by atoms with E-state index >= 15 is 0 Å². The summed E-state index contributed by atoms with van der Waals surface area (Å²) in [6, 6.07) is 11.4. The molecule has 0 saturated carbocycles. The number of hydrogen-bond donors (Lipinski definition) is 1. The molecule has 6 heteroatoms. The van der Waals surface area contributed by atoms with Gasteiger partial charge < -0.3 is 10.0 Å². The summed E-state index contributed by atoms with van der Waals surface area (Å²) in [6.07, 6.45) is 1.93. The van der Waals surface area contributed by atoms with E-state index in [4.69, 9.17) is 5.11 Å². The van der Waals surface area contributed by atoms with Crippen molar-refractivity contribution in [3.05, 3.63) is 54.0 Å². The van der Waals surface area contributed by atoms with E-state index in [1.165, 1.54) is 0 Å². The Labute approximate surface area is 140 Å². The summed E-state index contributed by atoms with van der Waals surface area (Å²) in [5.41, 5.74) is 3.44. The van der Waals surface area contributed by atoms with Crippen LogP contribution >= 0.6 is 0 Å². The molecule has 1 aromatic carbocycles. The third kappa shape index (κ3) is 3.14. The number of rotatable bonds is 5. The van der Waals surface area contributed by atoms with E-state index in [1.54, 1.807) is 9.42 Å². The predicted molar refractivity (Wildman–Crippen MR) is 91.8 cm³/mol. The van der Waals surface area contributed by atoms with Gasteiger partial charge in [-0.15, -0.1) is 0 Å². The fourth-order valence-electron chi connectivity index (χ4n) is 2.68. The molecule has 0 atom stereocenters. The molecule has 3 rings (SSSR count). The Morgan fingerprint density at radius 1 is 1.17 bits per heavy atom. The van der Waals surface area contributed by atoms with E-state index in [0.29, 0.717) is 18.7 Å². The number of carbonyl (C=O) groups is 1. The van der Waals surface area contributed by atoms with Gasteiger partial charge in [0.15, 0.2) is 5.65 Å². The topological polar surface area (TPSA) is 70.7 Å². The summed E-state index contributed by atoms with van der Waals surface area (Å²) in [6.45, 7) is 4.65. The number of hydrogen-bond acceptors (Lipinski definition) is 4. The largest absolute Gasteiger partial charge is 0.395 e. The van der Waals surface area contributed by atoms with Crippen molar-refractivity contribution in [2.45, 2.75) is 13.8 Å². The van der Waals surface area contributed by atoms with Gasteiger partial charge in [-0.05, 0) is 43.7 Å². The lowest BCUT2D eigenvalue weighted by Gasteiger charge is -2.19. The Morgan fingerprint density at radius 2 is 1.88 bits per heavy atom. The average Bonchev–Trinajstić information content (AvgIpc) is 2.98. The van der Waals surface area contributed by atoms with Crippen molar-refractivity contribution >= 4 is 11.6 Å². The van der Waals surface area contributed by atoms with Gasteiger partial charge in [0, 0.05) is 30.4 Å². The maximum Gasteiger partial charge on any atom is 0.253 e. The zero-order chi connectivity index (χ0) is 17.1. The van der Waals surface area contributed by atoms with Crippen molar-refractivity contribution in [1.29, 1.82) is 0 Å². The van der Waals surface area contributed by atoms with Crippen LogP contribution in [0.5, 0.6) is 0 Å². The van der Waals surface area contributed by atoms with Gasteiger partial charge in [-0.2, -0.15) is 5.10 Å². The summed E-state index contributed by atoms with van der Waals surface area (Å²) < 4.78 is 1.75. The molecule has 0 aliphatic heterocycles. The van der Waals surface area contributed by atoms with Crippen LogP contribution in [0.2, 0.25) is 0 Å². The molecule has 124 valence electrons.